The van der Waals surface area contributed by atoms with Crippen LogP contribution in [0.3, 0.4) is 0 Å². The molecule has 0 heterocycles. The molecule has 0 aliphatic rings. The molecule has 0 aliphatic heterocycles. The first-order valence-corrected chi connectivity index (χ1v) is 7.80. The van der Waals surface area contributed by atoms with Gasteiger partial charge >= 0.3 is 5.97 Å². The molecule has 0 aromatic rings. The quantitative estimate of drug-likeness (QED) is 0.388. The minimum absolute atomic E-state index is 0.319. The van der Waals surface area contributed by atoms with Crippen molar-refractivity contribution in [1.29, 1.82) is 0 Å². The van der Waals surface area contributed by atoms with Crippen LogP contribution in [0.1, 0.15) is 71.1 Å². The Balaban J connectivity index is 3.62. The normalized spacial score (nSPS) is 15.8. The van der Waals surface area contributed by atoms with E-state index in [1.54, 1.807) is 0 Å². The number of hydrogen-bond donors (Lipinski definition) is 4. The third kappa shape index (κ3) is 7.22. The molecule has 0 radical (unpaired) electrons. The van der Waals surface area contributed by atoms with Gasteiger partial charge in [-0.15, -0.1) is 0 Å². The van der Waals surface area contributed by atoms with Gasteiger partial charge in [0.05, 0.1) is 12.7 Å². The van der Waals surface area contributed by atoms with Crippen molar-refractivity contribution in [3.63, 3.8) is 0 Å². The predicted molar refractivity (Wildman–Crippen MR) is 79.5 cm³/mol. The van der Waals surface area contributed by atoms with E-state index in [2.05, 4.69) is 6.92 Å². The van der Waals surface area contributed by atoms with Gasteiger partial charge in [0.1, 0.15) is 0 Å². The summed E-state index contributed by atoms with van der Waals surface area (Å²) in [6.45, 7) is 1.45. The van der Waals surface area contributed by atoms with Crippen LogP contribution in [-0.4, -0.2) is 39.5 Å². The van der Waals surface area contributed by atoms with Gasteiger partial charge in [0.2, 0.25) is 0 Å². The van der Waals surface area contributed by atoms with Gasteiger partial charge < -0.3 is 21.1 Å². The molecule has 5 heteroatoms. The van der Waals surface area contributed by atoms with Gasteiger partial charge in [-0.1, -0.05) is 64.7 Å². The molecule has 0 aliphatic carbocycles. The molecular weight excluding hydrogens is 258 g/mol. The average molecular weight is 289 g/mol. The molecule has 2 unspecified atom stereocenters. The second-order valence-corrected chi connectivity index (χ2v) is 5.64. The lowest BCUT2D eigenvalue weighted by Crippen LogP contribution is -2.60. The fraction of sp³-hybridized carbons (Fsp3) is 0.933. The monoisotopic (exact) mass is 289 g/mol. The molecule has 0 saturated carbocycles. The summed E-state index contributed by atoms with van der Waals surface area (Å²) in [6, 6.07) is 0. The summed E-state index contributed by atoms with van der Waals surface area (Å²) in [7, 11) is 0. The second-order valence-electron chi connectivity index (χ2n) is 5.64. The van der Waals surface area contributed by atoms with Gasteiger partial charge in [0.15, 0.2) is 5.54 Å². The van der Waals surface area contributed by atoms with Gasteiger partial charge in [0, 0.05) is 0 Å². The highest BCUT2D eigenvalue weighted by Crippen LogP contribution is 2.16. The Hall–Kier alpha value is -0.650. The number of aliphatic hydroxyl groups excluding tert-OH is 2. The van der Waals surface area contributed by atoms with Crippen molar-refractivity contribution < 1.29 is 20.1 Å². The first-order valence-electron chi connectivity index (χ1n) is 7.80. The van der Waals surface area contributed by atoms with Gasteiger partial charge in [-0.2, -0.15) is 0 Å². The Morgan fingerprint density at radius 1 is 1.05 bits per heavy atom. The van der Waals surface area contributed by atoms with Crippen LogP contribution < -0.4 is 5.73 Å². The minimum Gasteiger partial charge on any atom is -0.480 e. The molecule has 0 amide bonds. The Bertz CT molecular complexity index is 260. The Labute approximate surface area is 122 Å². The van der Waals surface area contributed by atoms with E-state index in [1.807, 2.05) is 0 Å². The van der Waals surface area contributed by atoms with Gasteiger partial charge in [-0.3, -0.25) is 4.79 Å². The second kappa shape index (κ2) is 11.1. The molecule has 5 N–H and O–H groups in total. The molecule has 0 spiro atoms. The molecule has 0 fully saturated rings. The molecule has 120 valence electrons. The summed E-state index contributed by atoms with van der Waals surface area (Å²) in [4.78, 5) is 10.9. The summed E-state index contributed by atoms with van der Waals surface area (Å²) in [6.07, 6.45) is 9.51. The summed E-state index contributed by atoms with van der Waals surface area (Å²) >= 11 is 0. The zero-order chi connectivity index (χ0) is 15.4. The van der Waals surface area contributed by atoms with E-state index < -0.39 is 24.2 Å². The molecule has 0 aromatic carbocycles. The van der Waals surface area contributed by atoms with Crippen LogP contribution in [0.25, 0.3) is 0 Å². The van der Waals surface area contributed by atoms with Crippen molar-refractivity contribution in [2.24, 2.45) is 5.73 Å². The Morgan fingerprint density at radius 2 is 1.50 bits per heavy atom. The van der Waals surface area contributed by atoms with Crippen LogP contribution in [0, 0.1) is 0 Å². The number of carboxylic acids is 1. The molecule has 0 aromatic heterocycles. The van der Waals surface area contributed by atoms with Crippen LogP contribution in [-0.2, 0) is 4.79 Å². The average Bonchev–Trinajstić information content (AvgIpc) is 2.44. The maximum atomic E-state index is 10.9. The third-order valence-electron chi connectivity index (χ3n) is 3.84. The fourth-order valence-corrected chi connectivity index (χ4v) is 2.22. The zero-order valence-corrected chi connectivity index (χ0v) is 12.7. The van der Waals surface area contributed by atoms with Gasteiger partial charge in [-0.05, 0) is 6.42 Å². The summed E-state index contributed by atoms with van der Waals surface area (Å²) in [5.74, 6) is -1.36. The van der Waals surface area contributed by atoms with Crippen LogP contribution in [0.2, 0.25) is 0 Å². The summed E-state index contributed by atoms with van der Waals surface area (Å²) in [5, 5.41) is 27.7. The summed E-state index contributed by atoms with van der Waals surface area (Å²) < 4.78 is 0. The topological polar surface area (TPSA) is 104 Å². The Morgan fingerprint density at radius 3 is 1.90 bits per heavy atom. The molecule has 0 rings (SSSR count). The van der Waals surface area contributed by atoms with Crippen molar-refractivity contribution in [2.75, 3.05) is 6.61 Å². The SMILES string of the molecule is CCCCCCCCCCCC(O)C(N)(CO)C(=O)O. The number of hydrogen-bond acceptors (Lipinski definition) is 4. The highest BCUT2D eigenvalue weighted by molar-refractivity contribution is 5.79. The minimum atomic E-state index is -1.93. The van der Waals surface area contributed by atoms with E-state index in [-0.39, 0.29) is 0 Å². The third-order valence-corrected chi connectivity index (χ3v) is 3.84. The Kier molecular flexibility index (Phi) is 10.7. The van der Waals surface area contributed by atoms with E-state index in [1.165, 1.54) is 38.5 Å². The first kappa shape index (κ1) is 19.4. The van der Waals surface area contributed by atoms with Crippen molar-refractivity contribution >= 4 is 5.97 Å². The molecule has 0 bridgehead atoms. The van der Waals surface area contributed by atoms with Crippen molar-refractivity contribution in [3.05, 3.63) is 0 Å². The lowest BCUT2D eigenvalue weighted by atomic mass is 9.90. The van der Waals surface area contributed by atoms with Crippen LogP contribution in [0.4, 0.5) is 0 Å². The largest absolute Gasteiger partial charge is 0.480 e. The smallest absolute Gasteiger partial charge is 0.328 e. The van der Waals surface area contributed by atoms with Crippen LogP contribution in [0.5, 0.6) is 0 Å². The zero-order valence-electron chi connectivity index (χ0n) is 12.7. The highest BCUT2D eigenvalue weighted by atomic mass is 16.4. The van der Waals surface area contributed by atoms with E-state index in [0.717, 1.165) is 19.3 Å². The number of unbranched alkanes of at least 4 members (excludes halogenated alkanes) is 8. The number of carbonyl (C=O) groups is 1. The van der Waals surface area contributed by atoms with Crippen molar-refractivity contribution in [2.45, 2.75) is 82.8 Å². The lowest BCUT2D eigenvalue weighted by molar-refractivity contribution is -0.150. The maximum absolute atomic E-state index is 10.9. The number of carboxylic acid groups (broad SMARTS) is 1. The van der Waals surface area contributed by atoms with Crippen molar-refractivity contribution in [1.82, 2.24) is 0 Å². The lowest BCUT2D eigenvalue weighted by Gasteiger charge is -2.27. The highest BCUT2D eigenvalue weighted by Gasteiger charge is 2.40. The van der Waals surface area contributed by atoms with Crippen LogP contribution in [0.15, 0.2) is 0 Å². The molecule has 5 nitrogen and oxygen atoms in total. The van der Waals surface area contributed by atoms with Gasteiger partial charge in [0.25, 0.3) is 0 Å². The number of aliphatic carboxylic acids is 1. The molecular formula is C15H31NO4. The number of aliphatic hydroxyl groups is 2. The van der Waals surface area contributed by atoms with Crippen molar-refractivity contribution in [3.8, 4) is 0 Å². The van der Waals surface area contributed by atoms with E-state index in [9.17, 15) is 9.90 Å². The standard InChI is InChI=1S/C15H31NO4/c1-2-3-4-5-6-7-8-9-10-11-13(18)15(16,12-17)14(19)20/h13,17-18H,2-12,16H2,1H3,(H,19,20). The first-order chi connectivity index (χ1) is 9.49. The van der Waals surface area contributed by atoms with E-state index in [0.29, 0.717) is 6.42 Å². The fourth-order valence-electron chi connectivity index (χ4n) is 2.22. The predicted octanol–water partition coefficient (Wildman–Crippen LogP) is 2.04. The molecule has 20 heavy (non-hydrogen) atoms. The van der Waals surface area contributed by atoms with Gasteiger partial charge in [-0.25, -0.2) is 0 Å². The molecule has 2 atom stereocenters. The summed E-state index contributed by atoms with van der Waals surface area (Å²) in [5.41, 5.74) is 3.56. The van der Waals surface area contributed by atoms with Crippen LogP contribution >= 0.6 is 0 Å². The number of nitrogens with two attached hydrogens (primary N) is 1. The molecule has 0 saturated heterocycles. The van der Waals surface area contributed by atoms with E-state index >= 15 is 0 Å². The number of rotatable bonds is 13. The maximum Gasteiger partial charge on any atom is 0.328 e. The van der Waals surface area contributed by atoms with E-state index in [4.69, 9.17) is 15.9 Å².